The van der Waals surface area contributed by atoms with E-state index in [9.17, 15) is 9.18 Å². The number of nitrogens with one attached hydrogen (secondary N) is 1. The van der Waals surface area contributed by atoms with Gasteiger partial charge in [-0.05, 0) is 38.5 Å². The van der Waals surface area contributed by atoms with Gasteiger partial charge < -0.3 is 5.32 Å². The highest BCUT2D eigenvalue weighted by Crippen LogP contribution is 2.15. The topological polar surface area (TPSA) is 29.1 Å². The van der Waals surface area contributed by atoms with E-state index in [2.05, 4.69) is 5.32 Å². The zero-order valence-corrected chi connectivity index (χ0v) is 11.9. The zero-order valence-electron chi connectivity index (χ0n) is 11.9. The lowest BCUT2D eigenvalue weighted by atomic mass is 10.1. The van der Waals surface area contributed by atoms with Crippen LogP contribution in [0.3, 0.4) is 0 Å². The summed E-state index contributed by atoms with van der Waals surface area (Å²) in [5.74, 6) is -0.886. The molecule has 0 aliphatic carbocycles. The Balaban J connectivity index is 2.15. The van der Waals surface area contributed by atoms with E-state index in [1.54, 1.807) is 12.1 Å². The second-order valence-electron chi connectivity index (χ2n) is 5.09. The van der Waals surface area contributed by atoms with Crippen molar-refractivity contribution in [2.24, 2.45) is 0 Å². The van der Waals surface area contributed by atoms with Crippen LogP contribution in [0.2, 0.25) is 0 Å². The highest BCUT2D eigenvalue weighted by atomic mass is 19.1. The third-order valence-corrected chi connectivity index (χ3v) is 3.29. The summed E-state index contributed by atoms with van der Waals surface area (Å²) in [6.07, 6.45) is 0. The van der Waals surface area contributed by atoms with E-state index >= 15 is 0 Å². The van der Waals surface area contributed by atoms with Crippen LogP contribution < -0.4 is 5.32 Å². The van der Waals surface area contributed by atoms with E-state index in [-0.39, 0.29) is 17.5 Å². The smallest absolute Gasteiger partial charge is 0.254 e. The summed E-state index contributed by atoms with van der Waals surface area (Å²) in [5, 5.41) is 2.82. The summed E-state index contributed by atoms with van der Waals surface area (Å²) < 4.78 is 13.7. The number of rotatable bonds is 3. The van der Waals surface area contributed by atoms with E-state index < -0.39 is 5.82 Å². The first kappa shape index (κ1) is 14.3. The van der Waals surface area contributed by atoms with Crippen LogP contribution in [0.1, 0.15) is 40.0 Å². The number of carbonyl (C=O) groups excluding carboxylic acids is 1. The first-order valence-corrected chi connectivity index (χ1v) is 6.61. The van der Waals surface area contributed by atoms with E-state index in [1.807, 2.05) is 45.0 Å². The van der Waals surface area contributed by atoms with Gasteiger partial charge in [0.25, 0.3) is 5.91 Å². The van der Waals surface area contributed by atoms with E-state index in [1.165, 1.54) is 6.07 Å². The summed E-state index contributed by atoms with van der Waals surface area (Å²) in [6.45, 7) is 5.73. The molecular formula is C17H18FNO. The molecule has 2 nitrogen and oxygen atoms in total. The average molecular weight is 271 g/mol. The number of carbonyl (C=O) groups is 1. The number of benzene rings is 2. The Morgan fingerprint density at radius 2 is 1.65 bits per heavy atom. The fourth-order valence-corrected chi connectivity index (χ4v) is 2.03. The van der Waals surface area contributed by atoms with Crippen LogP contribution in [-0.2, 0) is 0 Å². The van der Waals surface area contributed by atoms with Gasteiger partial charge in [0.2, 0.25) is 0 Å². The van der Waals surface area contributed by atoms with Crippen LogP contribution in [0.25, 0.3) is 0 Å². The maximum absolute atomic E-state index is 13.7. The van der Waals surface area contributed by atoms with Crippen molar-refractivity contribution in [1.29, 1.82) is 0 Å². The van der Waals surface area contributed by atoms with Crippen molar-refractivity contribution < 1.29 is 9.18 Å². The fourth-order valence-electron chi connectivity index (χ4n) is 2.03. The molecule has 2 aromatic carbocycles. The van der Waals surface area contributed by atoms with Crippen LogP contribution in [0.5, 0.6) is 0 Å². The SMILES string of the molecule is Cc1ccc(C(C)NC(=O)c2cc(C)ccc2F)cc1. The molecule has 104 valence electrons. The predicted octanol–water partition coefficient (Wildman–Crippen LogP) is 3.93. The first-order chi connectivity index (χ1) is 9.47. The van der Waals surface area contributed by atoms with Crippen molar-refractivity contribution in [2.45, 2.75) is 26.8 Å². The summed E-state index contributed by atoms with van der Waals surface area (Å²) in [4.78, 5) is 12.1. The molecule has 1 N–H and O–H groups in total. The first-order valence-electron chi connectivity index (χ1n) is 6.61. The van der Waals surface area contributed by atoms with E-state index in [0.717, 1.165) is 16.7 Å². The Morgan fingerprint density at radius 3 is 2.30 bits per heavy atom. The molecule has 0 radical (unpaired) electrons. The van der Waals surface area contributed by atoms with Crippen LogP contribution in [-0.4, -0.2) is 5.91 Å². The molecule has 0 spiro atoms. The van der Waals surface area contributed by atoms with Gasteiger partial charge in [-0.3, -0.25) is 4.79 Å². The van der Waals surface area contributed by atoms with Gasteiger partial charge in [0.05, 0.1) is 11.6 Å². The molecule has 0 aliphatic rings. The van der Waals surface area contributed by atoms with Gasteiger partial charge in [-0.2, -0.15) is 0 Å². The molecule has 0 fully saturated rings. The van der Waals surface area contributed by atoms with Crippen LogP contribution >= 0.6 is 0 Å². The molecule has 2 rings (SSSR count). The molecular weight excluding hydrogens is 253 g/mol. The molecule has 0 saturated heterocycles. The van der Waals surface area contributed by atoms with Gasteiger partial charge in [-0.25, -0.2) is 4.39 Å². The predicted molar refractivity (Wildman–Crippen MR) is 78.2 cm³/mol. The van der Waals surface area contributed by atoms with Crippen molar-refractivity contribution in [3.63, 3.8) is 0 Å². The number of hydrogen-bond acceptors (Lipinski definition) is 1. The van der Waals surface area contributed by atoms with Crippen molar-refractivity contribution in [2.75, 3.05) is 0 Å². The number of aryl methyl sites for hydroxylation is 2. The van der Waals surface area contributed by atoms with Crippen LogP contribution in [0, 0.1) is 19.7 Å². The molecule has 0 heterocycles. The highest BCUT2D eigenvalue weighted by molar-refractivity contribution is 5.94. The van der Waals surface area contributed by atoms with Crippen molar-refractivity contribution in [3.05, 3.63) is 70.5 Å². The Hall–Kier alpha value is -2.16. The third-order valence-electron chi connectivity index (χ3n) is 3.29. The van der Waals surface area contributed by atoms with Crippen molar-refractivity contribution in [1.82, 2.24) is 5.32 Å². The Bertz CT molecular complexity index is 619. The second-order valence-corrected chi connectivity index (χ2v) is 5.09. The molecule has 1 atom stereocenters. The largest absolute Gasteiger partial charge is 0.345 e. The normalized spacial score (nSPS) is 12.0. The van der Waals surface area contributed by atoms with Gasteiger partial charge in [-0.15, -0.1) is 0 Å². The standard InChI is InChI=1S/C17H18FNO/c1-11-4-7-14(8-5-11)13(3)19-17(20)15-10-12(2)6-9-16(15)18/h4-10,13H,1-3H3,(H,19,20). The lowest BCUT2D eigenvalue weighted by molar-refractivity contribution is 0.0935. The maximum atomic E-state index is 13.7. The van der Waals surface area contributed by atoms with Gasteiger partial charge in [0.15, 0.2) is 0 Å². The Morgan fingerprint density at radius 1 is 1.05 bits per heavy atom. The van der Waals surface area contributed by atoms with Gasteiger partial charge >= 0.3 is 0 Å². The minimum Gasteiger partial charge on any atom is -0.345 e. The van der Waals surface area contributed by atoms with E-state index in [4.69, 9.17) is 0 Å². The molecule has 0 bridgehead atoms. The lowest BCUT2D eigenvalue weighted by Crippen LogP contribution is -2.27. The number of amides is 1. The summed E-state index contributed by atoms with van der Waals surface area (Å²) >= 11 is 0. The maximum Gasteiger partial charge on any atom is 0.254 e. The average Bonchev–Trinajstić information content (AvgIpc) is 2.42. The lowest BCUT2D eigenvalue weighted by Gasteiger charge is -2.15. The molecule has 2 aromatic rings. The quantitative estimate of drug-likeness (QED) is 0.900. The zero-order chi connectivity index (χ0) is 14.7. The molecule has 0 saturated carbocycles. The summed E-state index contributed by atoms with van der Waals surface area (Å²) in [5.41, 5.74) is 3.11. The molecule has 1 amide bonds. The van der Waals surface area contributed by atoms with Gasteiger partial charge in [0, 0.05) is 0 Å². The van der Waals surface area contributed by atoms with Crippen LogP contribution in [0.15, 0.2) is 42.5 Å². The summed E-state index contributed by atoms with van der Waals surface area (Å²) in [7, 11) is 0. The minimum absolute atomic E-state index is 0.0870. The molecule has 0 aliphatic heterocycles. The third kappa shape index (κ3) is 3.23. The van der Waals surface area contributed by atoms with Crippen molar-refractivity contribution in [3.8, 4) is 0 Å². The molecule has 3 heteroatoms. The minimum atomic E-state index is -0.496. The highest BCUT2D eigenvalue weighted by Gasteiger charge is 2.15. The molecule has 20 heavy (non-hydrogen) atoms. The number of hydrogen-bond donors (Lipinski definition) is 1. The van der Waals surface area contributed by atoms with Crippen molar-refractivity contribution >= 4 is 5.91 Å². The number of halogens is 1. The van der Waals surface area contributed by atoms with Gasteiger partial charge in [0.1, 0.15) is 5.82 Å². The van der Waals surface area contributed by atoms with Crippen LogP contribution in [0.4, 0.5) is 4.39 Å². The summed E-state index contributed by atoms with van der Waals surface area (Å²) in [6, 6.07) is 12.3. The molecule has 1 unspecified atom stereocenters. The second kappa shape index (κ2) is 5.87. The van der Waals surface area contributed by atoms with E-state index in [0.29, 0.717) is 0 Å². The molecule has 0 aromatic heterocycles. The fraction of sp³-hybridized carbons (Fsp3) is 0.235. The van der Waals surface area contributed by atoms with Gasteiger partial charge in [-0.1, -0.05) is 41.5 Å². The Labute approximate surface area is 118 Å². The Kier molecular flexibility index (Phi) is 4.18. The monoisotopic (exact) mass is 271 g/mol.